The molecule has 1 aliphatic heterocycles. The van der Waals surface area contributed by atoms with Gasteiger partial charge in [0.25, 0.3) is 5.91 Å². The van der Waals surface area contributed by atoms with Gasteiger partial charge in [-0.05, 0) is 62.8 Å². The number of benzene rings is 1. The third kappa shape index (κ3) is 5.80. The Morgan fingerprint density at radius 2 is 1.75 bits per heavy atom. The van der Waals surface area contributed by atoms with Crippen LogP contribution in [-0.4, -0.2) is 53.5 Å². The van der Waals surface area contributed by atoms with Crippen LogP contribution in [0.5, 0.6) is 0 Å². The van der Waals surface area contributed by atoms with Crippen LogP contribution in [0.25, 0.3) is 5.69 Å². The molecule has 32 heavy (non-hydrogen) atoms. The fraction of sp³-hybridized carbons (Fsp3) is 0.538. The summed E-state index contributed by atoms with van der Waals surface area (Å²) in [6.45, 7) is 13.3. The summed E-state index contributed by atoms with van der Waals surface area (Å²) in [6, 6.07) is 10.7. The SMILES string of the molecule is CCCNC(=O)CN1CCC(NC(=O)c2cc(C)n(-c3ccc(C(C)C)cc3)c2C)CC1. The standard InChI is InChI=1S/C26H38N4O2/c1-6-13-27-25(31)17-29-14-11-22(12-15-29)28-26(32)24-16-19(4)30(20(24)5)23-9-7-21(8-10-23)18(2)3/h7-10,16,18,22H,6,11-15,17H2,1-5H3,(H,27,31)(H,28,32). The summed E-state index contributed by atoms with van der Waals surface area (Å²) >= 11 is 0. The highest BCUT2D eigenvalue weighted by Crippen LogP contribution is 2.23. The number of rotatable bonds is 8. The predicted molar refractivity (Wildman–Crippen MR) is 130 cm³/mol. The first kappa shape index (κ1) is 24.1. The number of likely N-dealkylation sites (tertiary alicyclic amines) is 1. The van der Waals surface area contributed by atoms with Gasteiger partial charge < -0.3 is 15.2 Å². The Morgan fingerprint density at radius 3 is 2.34 bits per heavy atom. The van der Waals surface area contributed by atoms with Gasteiger partial charge in [0.2, 0.25) is 5.91 Å². The zero-order chi connectivity index (χ0) is 23.3. The van der Waals surface area contributed by atoms with Crippen LogP contribution in [0.1, 0.15) is 73.3 Å². The van der Waals surface area contributed by atoms with Gasteiger partial charge in [-0.15, -0.1) is 0 Å². The average Bonchev–Trinajstić information content (AvgIpc) is 3.07. The number of amides is 2. The highest BCUT2D eigenvalue weighted by atomic mass is 16.2. The second-order valence-corrected chi connectivity index (χ2v) is 9.24. The number of hydrogen-bond donors (Lipinski definition) is 2. The van der Waals surface area contributed by atoms with Crippen molar-refractivity contribution >= 4 is 11.8 Å². The maximum absolute atomic E-state index is 13.0. The molecule has 1 saturated heterocycles. The molecule has 0 spiro atoms. The van der Waals surface area contributed by atoms with Crippen molar-refractivity contribution in [3.05, 3.63) is 52.8 Å². The Labute approximate surface area is 192 Å². The molecule has 0 bridgehead atoms. The largest absolute Gasteiger partial charge is 0.355 e. The number of aryl methyl sites for hydroxylation is 1. The van der Waals surface area contributed by atoms with Crippen LogP contribution in [0.4, 0.5) is 0 Å². The normalized spacial score (nSPS) is 15.2. The molecule has 0 unspecified atom stereocenters. The Morgan fingerprint density at radius 1 is 1.09 bits per heavy atom. The van der Waals surface area contributed by atoms with Gasteiger partial charge in [0, 0.05) is 42.8 Å². The van der Waals surface area contributed by atoms with Crippen LogP contribution < -0.4 is 10.6 Å². The van der Waals surface area contributed by atoms with Gasteiger partial charge in [0.1, 0.15) is 0 Å². The maximum Gasteiger partial charge on any atom is 0.253 e. The van der Waals surface area contributed by atoms with E-state index >= 15 is 0 Å². The van der Waals surface area contributed by atoms with Crippen molar-refractivity contribution < 1.29 is 9.59 Å². The van der Waals surface area contributed by atoms with Crippen molar-refractivity contribution in [1.82, 2.24) is 20.1 Å². The highest BCUT2D eigenvalue weighted by Gasteiger charge is 2.24. The minimum atomic E-state index is -0.0118. The van der Waals surface area contributed by atoms with E-state index in [2.05, 4.69) is 58.2 Å². The topological polar surface area (TPSA) is 66.4 Å². The van der Waals surface area contributed by atoms with Crippen molar-refractivity contribution in [3.63, 3.8) is 0 Å². The van der Waals surface area contributed by atoms with Crippen LogP contribution >= 0.6 is 0 Å². The smallest absolute Gasteiger partial charge is 0.253 e. The number of carbonyl (C=O) groups excluding carboxylic acids is 2. The Bertz CT molecular complexity index is 922. The van der Waals surface area contributed by atoms with Crippen LogP contribution in [0.3, 0.4) is 0 Å². The highest BCUT2D eigenvalue weighted by molar-refractivity contribution is 5.96. The maximum atomic E-state index is 13.0. The molecule has 0 aliphatic carbocycles. The van der Waals surface area contributed by atoms with Gasteiger partial charge in [0.15, 0.2) is 0 Å². The molecule has 6 nitrogen and oxygen atoms in total. The lowest BCUT2D eigenvalue weighted by Crippen LogP contribution is -2.47. The van der Waals surface area contributed by atoms with Gasteiger partial charge in [0.05, 0.1) is 12.1 Å². The van der Waals surface area contributed by atoms with Crippen molar-refractivity contribution in [2.24, 2.45) is 0 Å². The van der Waals surface area contributed by atoms with Crippen LogP contribution in [0.15, 0.2) is 30.3 Å². The quantitative estimate of drug-likeness (QED) is 0.656. The number of hydrogen-bond acceptors (Lipinski definition) is 3. The molecular weight excluding hydrogens is 400 g/mol. The Kier molecular flexibility index (Phi) is 8.13. The van der Waals surface area contributed by atoms with E-state index in [1.807, 2.05) is 26.8 Å². The Hall–Kier alpha value is -2.60. The first-order chi connectivity index (χ1) is 15.3. The molecule has 3 rings (SSSR count). The zero-order valence-corrected chi connectivity index (χ0v) is 20.2. The lowest BCUT2D eigenvalue weighted by molar-refractivity contribution is -0.122. The average molecular weight is 439 g/mol. The number of carbonyl (C=O) groups is 2. The third-order valence-electron chi connectivity index (χ3n) is 6.36. The molecule has 6 heteroatoms. The summed E-state index contributed by atoms with van der Waals surface area (Å²) in [5.41, 5.74) is 5.14. The summed E-state index contributed by atoms with van der Waals surface area (Å²) in [4.78, 5) is 27.1. The molecule has 0 radical (unpaired) electrons. The Balaban J connectivity index is 1.59. The molecule has 174 valence electrons. The van der Waals surface area contributed by atoms with Gasteiger partial charge in [-0.1, -0.05) is 32.9 Å². The summed E-state index contributed by atoms with van der Waals surface area (Å²) in [5, 5.41) is 6.15. The molecule has 1 aromatic heterocycles. The summed E-state index contributed by atoms with van der Waals surface area (Å²) in [6.07, 6.45) is 2.67. The predicted octanol–water partition coefficient (Wildman–Crippen LogP) is 3.94. The molecule has 0 saturated carbocycles. The van der Waals surface area contributed by atoms with E-state index in [1.54, 1.807) is 0 Å². The molecule has 2 amide bonds. The zero-order valence-electron chi connectivity index (χ0n) is 20.2. The second kappa shape index (κ2) is 10.8. The fourth-order valence-corrected chi connectivity index (χ4v) is 4.42. The summed E-state index contributed by atoms with van der Waals surface area (Å²) < 4.78 is 2.15. The lowest BCUT2D eigenvalue weighted by atomic mass is 10.0. The van der Waals surface area contributed by atoms with Crippen molar-refractivity contribution in [3.8, 4) is 5.69 Å². The molecule has 2 aromatic rings. The molecule has 1 aromatic carbocycles. The van der Waals surface area contributed by atoms with E-state index in [9.17, 15) is 9.59 Å². The fourth-order valence-electron chi connectivity index (χ4n) is 4.42. The first-order valence-electron chi connectivity index (χ1n) is 11.9. The number of nitrogens with one attached hydrogen (secondary N) is 2. The first-order valence-corrected chi connectivity index (χ1v) is 11.9. The van der Waals surface area contributed by atoms with Crippen molar-refractivity contribution in [1.29, 1.82) is 0 Å². The molecule has 2 N–H and O–H groups in total. The molecule has 1 fully saturated rings. The molecule has 1 aliphatic rings. The molecule has 0 atom stereocenters. The summed E-state index contributed by atoms with van der Waals surface area (Å²) in [5.74, 6) is 0.569. The van der Waals surface area contributed by atoms with Crippen LogP contribution in [0.2, 0.25) is 0 Å². The van der Waals surface area contributed by atoms with Crippen molar-refractivity contribution in [2.75, 3.05) is 26.2 Å². The van der Waals surface area contributed by atoms with Gasteiger partial charge >= 0.3 is 0 Å². The number of nitrogens with zero attached hydrogens (tertiary/aromatic N) is 2. The summed E-state index contributed by atoms with van der Waals surface area (Å²) in [7, 11) is 0. The van der Waals surface area contributed by atoms with Crippen LogP contribution in [-0.2, 0) is 4.79 Å². The van der Waals surface area contributed by atoms with Gasteiger partial charge in [-0.25, -0.2) is 0 Å². The van der Waals surface area contributed by atoms with Crippen LogP contribution in [0, 0.1) is 13.8 Å². The van der Waals surface area contributed by atoms with E-state index in [1.165, 1.54) is 5.56 Å². The van der Waals surface area contributed by atoms with Crippen molar-refractivity contribution in [2.45, 2.75) is 65.8 Å². The number of aromatic nitrogens is 1. The monoisotopic (exact) mass is 438 g/mol. The van der Waals surface area contributed by atoms with E-state index in [0.29, 0.717) is 12.5 Å². The molecular formula is C26H38N4O2. The van der Waals surface area contributed by atoms with E-state index < -0.39 is 0 Å². The lowest BCUT2D eigenvalue weighted by Gasteiger charge is -2.31. The van der Waals surface area contributed by atoms with Gasteiger partial charge in [-0.3, -0.25) is 14.5 Å². The van der Waals surface area contributed by atoms with E-state index in [-0.39, 0.29) is 17.9 Å². The molecule has 2 heterocycles. The van der Waals surface area contributed by atoms with Gasteiger partial charge in [-0.2, -0.15) is 0 Å². The minimum absolute atomic E-state index is 0.0118. The third-order valence-corrected chi connectivity index (χ3v) is 6.36. The second-order valence-electron chi connectivity index (χ2n) is 9.24. The van der Waals surface area contributed by atoms with E-state index in [4.69, 9.17) is 0 Å². The van der Waals surface area contributed by atoms with E-state index in [0.717, 1.165) is 61.5 Å². The number of piperidine rings is 1. The minimum Gasteiger partial charge on any atom is -0.355 e.